The summed E-state index contributed by atoms with van der Waals surface area (Å²) in [5, 5.41) is 0. The number of hydrogen-bond acceptors (Lipinski definition) is 3. The summed E-state index contributed by atoms with van der Waals surface area (Å²) in [4.78, 5) is 0. The van der Waals surface area contributed by atoms with E-state index in [9.17, 15) is 0 Å². The highest BCUT2D eigenvalue weighted by molar-refractivity contribution is 4.92. The maximum atomic E-state index is 6.03. The minimum absolute atomic E-state index is 0.135. The lowest BCUT2D eigenvalue weighted by Gasteiger charge is -2.45. The summed E-state index contributed by atoms with van der Waals surface area (Å²) in [6.07, 6.45) is 1.25. The van der Waals surface area contributed by atoms with Crippen molar-refractivity contribution in [3.63, 3.8) is 0 Å². The van der Waals surface area contributed by atoms with Crippen LogP contribution >= 0.6 is 0 Å². The molecule has 1 aliphatic heterocycles. The summed E-state index contributed by atoms with van der Waals surface area (Å²) in [6.45, 7) is 10.6. The zero-order valence-corrected chi connectivity index (χ0v) is 9.80. The van der Waals surface area contributed by atoms with Crippen LogP contribution in [0.1, 0.15) is 34.1 Å². The summed E-state index contributed by atoms with van der Waals surface area (Å²) in [5.41, 5.74) is 6.06. The van der Waals surface area contributed by atoms with E-state index < -0.39 is 0 Å². The molecule has 1 heterocycles. The third kappa shape index (κ3) is 3.56. The van der Waals surface area contributed by atoms with Crippen molar-refractivity contribution in [2.75, 3.05) is 19.8 Å². The molecule has 0 saturated carbocycles. The maximum absolute atomic E-state index is 6.03. The van der Waals surface area contributed by atoms with Crippen molar-refractivity contribution in [1.29, 1.82) is 0 Å². The molecule has 14 heavy (non-hydrogen) atoms. The van der Waals surface area contributed by atoms with Gasteiger partial charge in [0.15, 0.2) is 0 Å². The molecule has 84 valence electrons. The van der Waals surface area contributed by atoms with Crippen molar-refractivity contribution in [2.24, 2.45) is 11.1 Å². The fourth-order valence-corrected chi connectivity index (χ4v) is 1.94. The Morgan fingerprint density at radius 3 is 2.29 bits per heavy atom. The number of nitrogens with two attached hydrogens (primary N) is 1. The average Bonchev–Trinajstić information content (AvgIpc) is 1.92. The monoisotopic (exact) mass is 201 g/mol. The lowest BCUT2D eigenvalue weighted by Crippen LogP contribution is -2.52. The van der Waals surface area contributed by atoms with Crippen molar-refractivity contribution in [3.05, 3.63) is 0 Å². The molecule has 0 atom stereocenters. The van der Waals surface area contributed by atoms with Gasteiger partial charge in [-0.2, -0.15) is 0 Å². The maximum Gasteiger partial charge on any atom is 0.0570 e. The molecule has 3 nitrogen and oxygen atoms in total. The van der Waals surface area contributed by atoms with Crippen LogP contribution in [0.5, 0.6) is 0 Å². The molecule has 1 saturated heterocycles. The smallest absolute Gasteiger partial charge is 0.0570 e. The van der Waals surface area contributed by atoms with Crippen LogP contribution in [0.15, 0.2) is 0 Å². The van der Waals surface area contributed by atoms with Crippen molar-refractivity contribution in [2.45, 2.75) is 45.8 Å². The van der Waals surface area contributed by atoms with Crippen LogP contribution in [-0.4, -0.2) is 31.5 Å². The topological polar surface area (TPSA) is 44.5 Å². The molecule has 0 aliphatic carbocycles. The summed E-state index contributed by atoms with van der Waals surface area (Å²) < 4.78 is 10.9. The zero-order valence-electron chi connectivity index (χ0n) is 9.80. The minimum atomic E-state index is -0.135. The Morgan fingerprint density at radius 2 is 2.00 bits per heavy atom. The predicted octanol–water partition coefficient (Wildman–Crippen LogP) is 1.56. The van der Waals surface area contributed by atoms with Crippen molar-refractivity contribution in [1.82, 2.24) is 0 Å². The molecule has 3 heteroatoms. The van der Waals surface area contributed by atoms with Gasteiger partial charge in [0.1, 0.15) is 0 Å². The second kappa shape index (κ2) is 4.17. The highest BCUT2D eigenvalue weighted by Gasteiger charge is 2.42. The van der Waals surface area contributed by atoms with Gasteiger partial charge in [0.2, 0.25) is 0 Å². The quantitative estimate of drug-likeness (QED) is 0.734. The Bertz CT molecular complexity index is 180. The second-order valence-electron chi connectivity index (χ2n) is 5.52. The predicted molar refractivity (Wildman–Crippen MR) is 57.2 cm³/mol. The highest BCUT2D eigenvalue weighted by atomic mass is 16.5. The van der Waals surface area contributed by atoms with Crippen LogP contribution in [0.2, 0.25) is 0 Å². The van der Waals surface area contributed by atoms with E-state index in [1.807, 2.05) is 0 Å². The first-order valence-electron chi connectivity index (χ1n) is 5.31. The van der Waals surface area contributed by atoms with Crippen molar-refractivity contribution >= 4 is 0 Å². The Labute approximate surface area is 86.9 Å². The van der Waals surface area contributed by atoms with E-state index in [-0.39, 0.29) is 17.1 Å². The van der Waals surface area contributed by atoms with E-state index in [2.05, 4.69) is 27.7 Å². The Hall–Kier alpha value is -0.120. The summed E-state index contributed by atoms with van der Waals surface area (Å²) >= 11 is 0. The van der Waals surface area contributed by atoms with Crippen LogP contribution in [0.4, 0.5) is 0 Å². The van der Waals surface area contributed by atoms with Crippen LogP contribution in [0.3, 0.4) is 0 Å². The molecule has 0 aromatic heterocycles. The summed E-state index contributed by atoms with van der Waals surface area (Å²) in [5.74, 6) is 0. The number of hydrogen-bond donors (Lipinski definition) is 1. The fraction of sp³-hybridized carbons (Fsp3) is 1.00. The van der Waals surface area contributed by atoms with E-state index in [0.717, 1.165) is 26.2 Å². The Kier molecular flexibility index (Phi) is 3.56. The van der Waals surface area contributed by atoms with Gasteiger partial charge in [0.05, 0.1) is 25.9 Å². The lowest BCUT2D eigenvalue weighted by atomic mass is 9.76. The first-order chi connectivity index (χ1) is 6.33. The van der Waals surface area contributed by atoms with E-state index in [4.69, 9.17) is 15.2 Å². The third-order valence-corrected chi connectivity index (χ3v) is 2.37. The highest BCUT2D eigenvalue weighted by Crippen LogP contribution is 2.35. The lowest BCUT2D eigenvalue weighted by molar-refractivity contribution is -0.165. The SMILES string of the molecule is CC(C)OCC1(CC(C)(C)N)COC1. The van der Waals surface area contributed by atoms with Gasteiger partial charge in [-0.1, -0.05) is 0 Å². The van der Waals surface area contributed by atoms with Gasteiger partial charge in [0.25, 0.3) is 0 Å². The molecule has 0 radical (unpaired) electrons. The van der Waals surface area contributed by atoms with E-state index in [1.165, 1.54) is 0 Å². The molecule has 0 bridgehead atoms. The third-order valence-electron chi connectivity index (χ3n) is 2.37. The molecule has 1 rings (SSSR count). The van der Waals surface area contributed by atoms with Gasteiger partial charge in [-0.25, -0.2) is 0 Å². The van der Waals surface area contributed by atoms with Crippen molar-refractivity contribution < 1.29 is 9.47 Å². The van der Waals surface area contributed by atoms with E-state index >= 15 is 0 Å². The molecule has 1 aliphatic rings. The second-order valence-corrected chi connectivity index (χ2v) is 5.52. The van der Waals surface area contributed by atoms with Gasteiger partial charge in [-0.05, 0) is 34.1 Å². The molecule has 0 amide bonds. The van der Waals surface area contributed by atoms with E-state index in [1.54, 1.807) is 0 Å². The van der Waals surface area contributed by atoms with Gasteiger partial charge in [0, 0.05) is 11.0 Å². The fourth-order valence-electron chi connectivity index (χ4n) is 1.94. The van der Waals surface area contributed by atoms with Crippen LogP contribution in [0.25, 0.3) is 0 Å². The average molecular weight is 201 g/mol. The largest absolute Gasteiger partial charge is 0.380 e. The summed E-state index contributed by atoms with van der Waals surface area (Å²) in [6, 6.07) is 0. The molecule has 0 spiro atoms. The number of ether oxygens (including phenoxy) is 2. The first kappa shape index (κ1) is 12.0. The molecular weight excluding hydrogens is 178 g/mol. The summed E-state index contributed by atoms with van der Waals surface area (Å²) in [7, 11) is 0. The zero-order chi connectivity index (χ0) is 10.8. The Balaban J connectivity index is 2.42. The van der Waals surface area contributed by atoms with Crippen LogP contribution in [0, 0.1) is 5.41 Å². The molecule has 2 N–H and O–H groups in total. The van der Waals surface area contributed by atoms with Gasteiger partial charge < -0.3 is 15.2 Å². The molecule has 0 aromatic rings. The van der Waals surface area contributed by atoms with Crippen LogP contribution in [-0.2, 0) is 9.47 Å². The molecule has 1 fully saturated rings. The van der Waals surface area contributed by atoms with Crippen LogP contribution < -0.4 is 5.73 Å². The molecule has 0 unspecified atom stereocenters. The van der Waals surface area contributed by atoms with Gasteiger partial charge in [-0.15, -0.1) is 0 Å². The molecule has 0 aromatic carbocycles. The van der Waals surface area contributed by atoms with Crippen molar-refractivity contribution in [3.8, 4) is 0 Å². The van der Waals surface area contributed by atoms with E-state index in [0.29, 0.717) is 0 Å². The standard InChI is InChI=1S/C11H23NO2/c1-9(2)14-8-11(6-13-7-11)5-10(3,4)12/h9H,5-8,12H2,1-4H3. The normalized spacial score (nSPS) is 21.0. The molecular formula is C11H23NO2. The van der Waals surface area contributed by atoms with Gasteiger partial charge in [-0.3, -0.25) is 0 Å². The minimum Gasteiger partial charge on any atom is -0.380 e. The van der Waals surface area contributed by atoms with Gasteiger partial charge >= 0.3 is 0 Å². The Morgan fingerprint density at radius 1 is 1.43 bits per heavy atom. The first-order valence-corrected chi connectivity index (χ1v) is 5.31. The number of rotatable bonds is 5.